The number of hydrogen-bond donors (Lipinski definition) is 3. The first-order valence-corrected chi connectivity index (χ1v) is 7.07. The second-order valence-electron chi connectivity index (χ2n) is 4.85. The maximum Gasteiger partial charge on any atom is 0.338 e. The highest BCUT2D eigenvalue weighted by molar-refractivity contribution is 5.94. The van der Waals surface area contributed by atoms with E-state index in [2.05, 4.69) is 5.32 Å². The van der Waals surface area contributed by atoms with Crippen LogP contribution in [0.15, 0.2) is 42.5 Å². The molecule has 0 saturated carbocycles. The number of benzene rings is 2. The molecule has 0 aliphatic carbocycles. The van der Waals surface area contributed by atoms with Crippen molar-refractivity contribution in [1.82, 2.24) is 0 Å². The summed E-state index contributed by atoms with van der Waals surface area (Å²) in [5.41, 5.74) is 1.53. The molecule has 23 heavy (non-hydrogen) atoms. The van der Waals surface area contributed by atoms with E-state index < -0.39 is 5.97 Å². The molecule has 0 bridgehead atoms. The summed E-state index contributed by atoms with van der Waals surface area (Å²) >= 11 is 0. The van der Waals surface area contributed by atoms with Crippen molar-refractivity contribution in [3.05, 3.63) is 53.6 Å². The van der Waals surface area contributed by atoms with Crippen LogP contribution in [0.2, 0.25) is 0 Å². The van der Waals surface area contributed by atoms with Gasteiger partial charge in [-0.2, -0.15) is 0 Å². The SMILES string of the molecule is CCOC(=O)c1ccc(NC(=O)Cc2ccc(O)c(O)c2)cc1. The molecule has 0 radical (unpaired) electrons. The highest BCUT2D eigenvalue weighted by Gasteiger charge is 2.09. The fraction of sp³-hybridized carbons (Fsp3) is 0.176. The van der Waals surface area contributed by atoms with Gasteiger partial charge in [-0.1, -0.05) is 6.07 Å². The Kier molecular flexibility index (Phi) is 5.19. The first kappa shape index (κ1) is 16.4. The third-order valence-electron chi connectivity index (χ3n) is 3.08. The summed E-state index contributed by atoms with van der Waals surface area (Å²) in [6.45, 7) is 2.03. The number of hydrogen-bond acceptors (Lipinski definition) is 5. The van der Waals surface area contributed by atoms with E-state index >= 15 is 0 Å². The van der Waals surface area contributed by atoms with Gasteiger partial charge in [-0.3, -0.25) is 4.79 Å². The van der Waals surface area contributed by atoms with Crippen molar-refractivity contribution in [2.24, 2.45) is 0 Å². The van der Waals surface area contributed by atoms with Crippen LogP contribution in [0.1, 0.15) is 22.8 Å². The second kappa shape index (κ2) is 7.31. The summed E-state index contributed by atoms with van der Waals surface area (Å²) in [7, 11) is 0. The van der Waals surface area contributed by atoms with Crippen LogP contribution in [0.3, 0.4) is 0 Å². The van der Waals surface area contributed by atoms with Gasteiger partial charge in [0.1, 0.15) is 0 Å². The Labute approximate surface area is 133 Å². The van der Waals surface area contributed by atoms with E-state index in [-0.39, 0.29) is 23.8 Å². The van der Waals surface area contributed by atoms with Gasteiger partial charge in [0.15, 0.2) is 11.5 Å². The maximum absolute atomic E-state index is 12.0. The van der Waals surface area contributed by atoms with Gasteiger partial charge in [0.2, 0.25) is 5.91 Å². The Morgan fingerprint density at radius 1 is 1.04 bits per heavy atom. The van der Waals surface area contributed by atoms with Gasteiger partial charge in [-0.05, 0) is 48.9 Å². The number of amides is 1. The standard InChI is InChI=1S/C17H17NO5/c1-2-23-17(22)12-4-6-13(7-5-12)18-16(21)10-11-3-8-14(19)15(20)9-11/h3-9,19-20H,2,10H2,1H3,(H,18,21). The van der Waals surface area contributed by atoms with Crippen molar-refractivity contribution >= 4 is 17.6 Å². The van der Waals surface area contributed by atoms with E-state index in [4.69, 9.17) is 4.74 Å². The topological polar surface area (TPSA) is 95.9 Å². The second-order valence-corrected chi connectivity index (χ2v) is 4.85. The molecule has 0 unspecified atom stereocenters. The molecular weight excluding hydrogens is 298 g/mol. The average Bonchev–Trinajstić information content (AvgIpc) is 2.52. The molecule has 6 nitrogen and oxygen atoms in total. The predicted octanol–water partition coefficient (Wildman–Crippen LogP) is 2.46. The number of esters is 1. The van der Waals surface area contributed by atoms with Gasteiger partial charge in [0, 0.05) is 5.69 Å². The number of carbonyl (C=O) groups excluding carboxylic acids is 2. The van der Waals surface area contributed by atoms with E-state index in [1.807, 2.05) is 0 Å². The third kappa shape index (κ3) is 4.47. The number of nitrogens with one attached hydrogen (secondary N) is 1. The van der Waals surface area contributed by atoms with Gasteiger partial charge in [-0.15, -0.1) is 0 Å². The molecule has 0 aromatic heterocycles. The average molecular weight is 315 g/mol. The van der Waals surface area contributed by atoms with Crippen molar-refractivity contribution in [1.29, 1.82) is 0 Å². The smallest absolute Gasteiger partial charge is 0.338 e. The number of rotatable bonds is 5. The van der Waals surface area contributed by atoms with Crippen LogP contribution in [0, 0.1) is 0 Å². The largest absolute Gasteiger partial charge is 0.504 e. The van der Waals surface area contributed by atoms with E-state index in [0.29, 0.717) is 23.4 Å². The summed E-state index contributed by atoms with van der Waals surface area (Å²) in [6, 6.07) is 10.6. The molecule has 1 amide bonds. The van der Waals surface area contributed by atoms with Gasteiger partial charge in [0.25, 0.3) is 0 Å². The molecule has 0 saturated heterocycles. The molecule has 0 aliphatic rings. The van der Waals surface area contributed by atoms with Crippen molar-refractivity contribution in [2.75, 3.05) is 11.9 Å². The molecule has 6 heteroatoms. The Morgan fingerprint density at radius 3 is 2.35 bits per heavy atom. The molecule has 0 atom stereocenters. The number of anilines is 1. The monoisotopic (exact) mass is 315 g/mol. The number of phenolic OH excluding ortho intramolecular Hbond substituents is 2. The minimum atomic E-state index is -0.412. The van der Waals surface area contributed by atoms with Crippen LogP contribution in [0.4, 0.5) is 5.69 Å². The lowest BCUT2D eigenvalue weighted by Gasteiger charge is -2.07. The van der Waals surface area contributed by atoms with Gasteiger partial charge in [-0.25, -0.2) is 4.79 Å². The van der Waals surface area contributed by atoms with Crippen molar-refractivity contribution < 1.29 is 24.5 Å². The minimum Gasteiger partial charge on any atom is -0.504 e. The fourth-order valence-corrected chi connectivity index (χ4v) is 1.97. The molecule has 3 N–H and O–H groups in total. The molecular formula is C17H17NO5. The highest BCUT2D eigenvalue weighted by Crippen LogP contribution is 2.25. The quantitative estimate of drug-likeness (QED) is 0.582. The van der Waals surface area contributed by atoms with E-state index in [1.165, 1.54) is 12.1 Å². The predicted molar refractivity (Wildman–Crippen MR) is 84.5 cm³/mol. The zero-order valence-corrected chi connectivity index (χ0v) is 12.6. The lowest BCUT2D eigenvalue weighted by atomic mass is 10.1. The molecule has 0 fully saturated rings. The first-order valence-electron chi connectivity index (χ1n) is 7.07. The highest BCUT2D eigenvalue weighted by atomic mass is 16.5. The van der Waals surface area contributed by atoms with Crippen LogP contribution in [0.5, 0.6) is 11.5 Å². The van der Waals surface area contributed by atoms with Crippen LogP contribution >= 0.6 is 0 Å². The van der Waals surface area contributed by atoms with Gasteiger partial charge < -0.3 is 20.3 Å². The Hall–Kier alpha value is -3.02. The molecule has 0 aliphatic heterocycles. The minimum absolute atomic E-state index is 0.0491. The van der Waals surface area contributed by atoms with Crippen LogP contribution in [0.25, 0.3) is 0 Å². The van der Waals surface area contributed by atoms with Crippen LogP contribution < -0.4 is 5.32 Å². The summed E-state index contributed by atoms with van der Waals surface area (Å²) in [4.78, 5) is 23.5. The lowest BCUT2D eigenvalue weighted by Crippen LogP contribution is -2.14. The summed E-state index contributed by atoms with van der Waals surface area (Å²) in [5.74, 6) is -1.19. The van der Waals surface area contributed by atoms with Crippen LogP contribution in [-0.4, -0.2) is 28.7 Å². The lowest BCUT2D eigenvalue weighted by molar-refractivity contribution is -0.115. The van der Waals surface area contributed by atoms with Crippen molar-refractivity contribution in [2.45, 2.75) is 13.3 Å². The summed E-state index contributed by atoms with van der Waals surface area (Å²) < 4.78 is 4.88. The zero-order chi connectivity index (χ0) is 16.8. The molecule has 120 valence electrons. The van der Waals surface area contributed by atoms with Crippen LogP contribution in [-0.2, 0) is 16.0 Å². The van der Waals surface area contributed by atoms with E-state index in [9.17, 15) is 19.8 Å². The summed E-state index contributed by atoms with van der Waals surface area (Å²) in [6.07, 6.45) is 0.0491. The fourth-order valence-electron chi connectivity index (χ4n) is 1.97. The zero-order valence-electron chi connectivity index (χ0n) is 12.6. The maximum atomic E-state index is 12.0. The normalized spacial score (nSPS) is 10.1. The Balaban J connectivity index is 1.97. The van der Waals surface area contributed by atoms with E-state index in [1.54, 1.807) is 37.3 Å². The molecule has 0 spiro atoms. The molecule has 2 aromatic rings. The molecule has 2 rings (SSSR count). The Bertz CT molecular complexity index is 709. The van der Waals surface area contributed by atoms with Gasteiger partial charge >= 0.3 is 5.97 Å². The number of aromatic hydroxyl groups is 2. The van der Waals surface area contributed by atoms with Gasteiger partial charge in [0.05, 0.1) is 18.6 Å². The third-order valence-corrected chi connectivity index (χ3v) is 3.08. The first-order chi connectivity index (χ1) is 11.0. The molecule has 0 heterocycles. The van der Waals surface area contributed by atoms with Crippen molar-refractivity contribution in [3.63, 3.8) is 0 Å². The summed E-state index contributed by atoms with van der Waals surface area (Å²) in [5, 5.41) is 21.3. The van der Waals surface area contributed by atoms with E-state index in [0.717, 1.165) is 0 Å². The van der Waals surface area contributed by atoms with Crippen molar-refractivity contribution in [3.8, 4) is 11.5 Å². The molecule has 2 aromatic carbocycles. The number of carbonyl (C=O) groups is 2. The Morgan fingerprint density at radius 2 is 1.74 bits per heavy atom. The number of ether oxygens (including phenoxy) is 1. The number of phenols is 2.